The van der Waals surface area contributed by atoms with Gasteiger partial charge in [-0.1, -0.05) is 58.0 Å². The molecule has 0 aromatic heterocycles. The maximum absolute atomic E-state index is 12.9. The van der Waals surface area contributed by atoms with Crippen molar-refractivity contribution in [3.05, 3.63) is 35.9 Å². The van der Waals surface area contributed by atoms with Crippen molar-refractivity contribution in [2.24, 2.45) is 11.8 Å². The molecule has 194 valence electrons. The van der Waals surface area contributed by atoms with Crippen LogP contribution in [-0.2, 0) is 30.3 Å². The zero-order chi connectivity index (χ0) is 26.4. The zero-order valence-electron chi connectivity index (χ0n) is 20.6. The molecule has 0 aliphatic heterocycles. The quantitative estimate of drug-likeness (QED) is 0.257. The van der Waals surface area contributed by atoms with E-state index in [4.69, 9.17) is 4.74 Å². The molecule has 0 fully saturated rings. The molecule has 1 rings (SSSR count). The number of ether oxygens (including phenoxy) is 1. The monoisotopic (exact) mass is 492 g/mol. The van der Waals surface area contributed by atoms with Gasteiger partial charge in [-0.25, -0.2) is 9.59 Å². The van der Waals surface area contributed by atoms with Gasteiger partial charge in [0.1, 0.15) is 18.6 Å². The Morgan fingerprint density at radius 1 is 0.829 bits per heavy atom. The first-order valence-corrected chi connectivity index (χ1v) is 11.5. The average Bonchev–Trinajstić information content (AvgIpc) is 2.79. The van der Waals surface area contributed by atoms with Gasteiger partial charge in [-0.3, -0.25) is 14.4 Å². The molecule has 5 N–H and O–H groups in total. The third-order valence-electron chi connectivity index (χ3n) is 4.64. The van der Waals surface area contributed by atoms with Crippen LogP contribution in [0.3, 0.4) is 0 Å². The van der Waals surface area contributed by atoms with Gasteiger partial charge in [0.2, 0.25) is 17.7 Å². The van der Waals surface area contributed by atoms with Crippen LogP contribution in [0.4, 0.5) is 4.79 Å². The lowest BCUT2D eigenvalue weighted by atomic mass is 10.0. The predicted molar refractivity (Wildman–Crippen MR) is 128 cm³/mol. The van der Waals surface area contributed by atoms with E-state index in [0.29, 0.717) is 0 Å². The van der Waals surface area contributed by atoms with Crippen LogP contribution in [0.1, 0.15) is 39.7 Å². The van der Waals surface area contributed by atoms with Crippen LogP contribution >= 0.6 is 0 Å². The highest BCUT2D eigenvalue weighted by atomic mass is 16.5. The van der Waals surface area contributed by atoms with Crippen molar-refractivity contribution in [2.45, 2.75) is 52.6 Å². The van der Waals surface area contributed by atoms with Gasteiger partial charge >= 0.3 is 12.1 Å². The van der Waals surface area contributed by atoms with E-state index in [1.165, 1.54) is 0 Å². The fraction of sp³-hybridized carbons (Fsp3) is 0.542. The average molecular weight is 493 g/mol. The van der Waals surface area contributed by atoms with Gasteiger partial charge in [-0.2, -0.15) is 0 Å². The molecule has 0 spiro atoms. The summed E-state index contributed by atoms with van der Waals surface area (Å²) < 4.78 is 4.89. The van der Waals surface area contributed by atoms with Crippen molar-refractivity contribution < 1.29 is 33.8 Å². The first-order chi connectivity index (χ1) is 16.5. The van der Waals surface area contributed by atoms with Crippen LogP contribution in [0.25, 0.3) is 0 Å². The molecule has 0 bridgehead atoms. The highest BCUT2D eigenvalue weighted by Crippen LogP contribution is 2.08. The molecular weight excluding hydrogens is 456 g/mol. The third-order valence-corrected chi connectivity index (χ3v) is 4.64. The first kappa shape index (κ1) is 29.4. The Balaban J connectivity index is 2.69. The lowest BCUT2D eigenvalue weighted by molar-refractivity contribution is -0.142. The van der Waals surface area contributed by atoms with Crippen LogP contribution in [0.5, 0.6) is 0 Å². The van der Waals surface area contributed by atoms with Crippen molar-refractivity contribution in [3.8, 4) is 0 Å². The summed E-state index contributed by atoms with van der Waals surface area (Å²) in [6, 6.07) is 6.78. The number of alkyl carbamates (subject to hydrolysis) is 1. The molecule has 0 unspecified atom stereocenters. The van der Waals surface area contributed by atoms with E-state index in [1.807, 2.05) is 33.8 Å². The number of hydrogen-bond donors (Lipinski definition) is 5. The molecule has 1 aromatic carbocycles. The SMILES string of the molecule is CC(C)COC(=O)NCC(=O)NCC(=O)N[C@@H](Cc1ccccc1)C(=O)N[C@@H](CC(C)C)C(=O)O. The van der Waals surface area contributed by atoms with Gasteiger partial charge in [0.15, 0.2) is 0 Å². The number of carbonyl (C=O) groups is 5. The minimum Gasteiger partial charge on any atom is -0.480 e. The summed E-state index contributed by atoms with van der Waals surface area (Å²) in [4.78, 5) is 60.3. The molecular formula is C24H36N4O7. The Kier molecular flexibility index (Phi) is 12.9. The van der Waals surface area contributed by atoms with Crippen LogP contribution in [0, 0.1) is 11.8 Å². The van der Waals surface area contributed by atoms with Crippen LogP contribution < -0.4 is 21.3 Å². The highest BCUT2D eigenvalue weighted by molar-refractivity contribution is 5.92. The summed E-state index contributed by atoms with van der Waals surface area (Å²) >= 11 is 0. The van der Waals surface area contributed by atoms with Gasteiger partial charge in [0.25, 0.3) is 0 Å². The van der Waals surface area contributed by atoms with Gasteiger partial charge < -0.3 is 31.1 Å². The Morgan fingerprint density at radius 2 is 1.46 bits per heavy atom. The molecule has 11 nitrogen and oxygen atoms in total. The Bertz CT molecular complexity index is 859. The molecule has 11 heteroatoms. The zero-order valence-corrected chi connectivity index (χ0v) is 20.6. The molecule has 0 heterocycles. The number of carboxylic acids is 1. The van der Waals surface area contributed by atoms with E-state index in [-0.39, 0.29) is 37.8 Å². The van der Waals surface area contributed by atoms with Gasteiger partial charge in [0.05, 0.1) is 13.2 Å². The van der Waals surface area contributed by atoms with E-state index in [9.17, 15) is 29.1 Å². The number of aliphatic carboxylic acids is 1. The van der Waals surface area contributed by atoms with Gasteiger partial charge in [0, 0.05) is 6.42 Å². The number of amides is 4. The van der Waals surface area contributed by atoms with Crippen LogP contribution in [0.15, 0.2) is 30.3 Å². The fourth-order valence-electron chi connectivity index (χ4n) is 2.96. The molecule has 0 saturated carbocycles. The topological polar surface area (TPSA) is 163 Å². The molecule has 0 aliphatic rings. The van der Waals surface area contributed by atoms with E-state index in [2.05, 4.69) is 21.3 Å². The molecule has 4 amide bonds. The van der Waals surface area contributed by atoms with E-state index in [0.717, 1.165) is 5.56 Å². The second-order valence-corrected chi connectivity index (χ2v) is 8.96. The van der Waals surface area contributed by atoms with Crippen LogP contribution in [0.2, 0.25) is 0 Å². The summed E-state index contributed by atoms with van der Waals surface area (Å²) in [5, 5.41) is 19.1. The molecule has 0 aliphatic carbocycles. The van der Waals surface area contributed by atoms with E-state index < -0.39 is 48.4 Å². The van der Waals surface area contributed by atoms with Crippen LogP contribution in [-0.4, -0.2) is 66.7 Å². The second kappa shape index (κ2) is 15.3. The summed E-state index contributed by atoms with van der Waals surface area (Å²) in [5.41, 5.74) is 0.761. The standard InChI is InChI=1S/C24H36N4O7/c1-15(2)10-19(23(32)33)28-22(31)18(11-17-8-6-5-7-9-17)27-21(30)13-25-20(29)12-26-24(34)35-14-16(3)4/h5-9,15-16,18-19H,10-14H2,1-4H3,(H,25,29)(H,26,34)(H,27,30)(H,28,31)(H,32,33)/t18-,19-/m0/s1. The summed E-state index contributed by atoms with van der Waals surface area (Å²) in [5.74, 6) is -2.89. The number of nitrogens with one attached hydrogen (secondary N) is 4. The molecule has 0 radical (unpaired) electrons. The lowest BCUT2D eigenvalue weighted by Gasteiger charge is -2.22. The van der Waals surface area contributed by atoms with Crippen molar-refractivity contribution in [2.75, 3.05) is 19.7 Å². The lowest BCUT2D eigenvalue weighted by Crippen LogP contribution is -2.54. The van der Waals surface area contributed by atoms with Gasteiger partial charge in [-0.15, -0.1) is 0 Å². The smallest absolute Gasteiger partial charge is 0.407 e. The fourth-order valence-corrected chi connectivity index (χ4v) is 2.96. The number of benzene rings is 1. The Morgan fingerprint density at radius 3 is 2.03 bits per heavy atom. The van der Waals surface area contributed by atoms with Crippen molar-refractivity contribution >= 4 is 29.8 Å². The number of rotatable bonds is 14. The van der Waals surface area contributed by atoms with E-state index >= 15 is 0 Å². The Hall–Kier alpha value is -3.63. The maximum Gasteiger partial charge on any atom is 0.407 e. The summed E-state index contributed by atoms with van der Waals surface area (Å²) in [6.07, 6.45) is -0.383. The molecule has 2 atom stereocenters. The third kappa shape index (κ3) is 13.0. The number of hydrogen-bond acceptors (Lipinski definition) is 6. The number of carbonyl (C=O) groups excluding carboxylic acids is 4. The first-order valence-electron chi connectivity index (χ1n) is 11.5. The molecule has 35 heavy (non-hydrogen) atoms. The predicted octanol–water partition coefficient (Wildman–Crippen LogP) is 0.828. The largest absolute Gasteiger partial charge is 0.480 e. The van der Waals surface area contributed by atoms with Crippen molar-refractivity contribution in [1.82, 2.24) is 21.3 Å². The summed E-state index contributed by atoms with van der Waals surface area (Å²) in [6.45, 7) is 6.81. The van der Waals surface area contributed by atoms with Crippen molar-refractivity contribution in [3.63, 3.8) is 0 Å². The minimum atomic E-state index is -1.16. The Labute approximate surface area is 205 Å². The summed E-state index contributed by atoms with van der Waals surface area (Å²) in [7, 11) is 0. The number of carboxylic acid groups (broad SMARTS) is 1. The minimum absolute atomic E-state index is 0.0324. The van der Waals surface area contributed by atoms with Crippen molar-refractivity contribution in [1.29, 1.82) is 0 Å². The second-order valence-electron chi connectivity index (χ2n) is 8.96. The molecule has 0 saturated heterocycles. The maximum atomic E-state index is 12.9. The normalized spacial score (nSPS) is 12.4. The van der Waals surface area contributed by atoms with E-state index in [1.54, 1.807) is 24.3 Å². The molecule has 1 aromatic rings. The highest BCUT2D eigenvalue weighted by Gasteiger charge is 2.27. The van der Waals surface area contributed by atoms with Gasteiger partial charge in [-0.05, 0) is 23.8 Å².